The fourth-order valence-electron chi connectivity index (χ4n) is 8.40. The number of nitrogens with one attached hydrogen (secondary N) is 1. The van der Waals surface area contributed by atoms with Crippen LogP contribution in [0.1, 0.15) is 54.9 Å². The van der Waals surface area contributed by atoms with E-state index in [-0.39, 0.29) is 11.8 Å². The SMILES string of the molecule is COc1cc(C(=O)N2CC3CCC2[C@@H]3C)cc2nc(-c3cc4ccc(-c5cccc6c5CCC(=O)N6)nc4n3CC3CC3)n(C)c12. The summed E-state index contributed by atoms with van der Waals surface area (Å²) < 4.78 is 10.3. The molecule has 3 atom stereocenters. The average Bonchev–Trinajstić information content (AvgIpc) is 3.47. The van der Waals surface area contributed by atoms with Crippen molar-refractivity contribution in [2.75, 3.05) is 19.0 Å². The van der Waals surface area contributed by atoms with Crippen LogP contribution in [0.15, 0.2) is 48.5 Å². The number of nitrogens with zero attached hydrogens (tertiary/aromatic N) is 5. The number of carbonyl (C=O) groups is 2. The number of amides is 2. The predicted octanol–water partition coefficient (Wildman–Crippen LogP) is 6.43. The summed E-state index contributed by atoms with van der Waals surface area (Å²) in [5.74, 6) is 3.41. The number of likely N-dealkylation sites (tertiary alicyclic amines) is 1. The summed E-state index contributed by atoms with van der Waals surface area (Å²) in [4.78, 5) is 38.4. The fourth-order valence-corrected chi connectivity index (χ4v) is 8.40. The Hall–Kier alpha value is -4.66. The van der Waals surface area contributed by atoms with Crippen LogP contribution >= 0.6 is 0 Å². The number of piperidine rings is 1. The second kappa shape index (κ2) is 10.2. The van der Waals surface area contributed by atoms with E-state index in [1.165, 1.54) is 19.3 Å². The number of rotatable bonds is 6. The van der Waals surface area contributed by atoms with Gasteiger partial charge in [0, 0.05) is 54.8 Å². The van der Waals surface area contributed by atoms with Gasteiger partial charge in [0.05, 0.1) is 24.0 Å². The van der Waals surface area contributed by atoms with E-state index in [0.29, 0.717) is 48.0 Å². The molecule has 234 valence electrons. The summed E-state index contributed by atoms with van der Waals surface area (Å²) in [5.41, 5.74) is 8.19. The molecule has 9 heteroatoms. The highest BCUT2D eigenvalue weighted by molar-refractivity contribution is 6.01. The second-order valence-corrected chi connectivity index (χ2v) is 13.8. The molecule has 1 N–H and O–H groups in total. The molecule has 2 aromatic carbocycles. The maximum Gasteiger partial charge on any atom is 0.254 e. The molecule has 2 aliphatic heterocycles. The molecule has 2 saturated carbocycles. The van der Waals surface area contributed by atoms with Crippen LogP contribution in [0.25, 0.3) is 44.8 Å². The normalized spacial score (nSPS) is 22.1. The van der Waals surface area contributed by atoms with Crippen LogP contribution < -0.4 is 10.1 Å². The van der Waals surface area contributed by atoms with Gasteiger partial charge in [0.2, 0.25) is 5.91 Å². The zero-order chi connectivity index (χ0) is 31.3. The Morgan fingerprint density at radius 3 is 2.67 bits per heavy atom. The molecule has 1 saturated heterocycles. The average molecular weight is 615 g/mol. The van der Waals surface area contributed by atoms with Crippen molar-refractivity contribution in [2.45, 2.75) is 58.0 Å². The van der Waals surface area contributed by atoms with Crippen LogP contribution in [0.5, 0.6) is 5.75 Å². The van der Waals surface area contributed by atoms with Gasteiger partial charge in [-0.25, -0.2) is 9.97 Å². The minimum absolute atomic E-state index is 0.0595. The number of benzene rings is 2. The zero-order valence-corrected chi connectivity index (χ0v) is 26.5. The summed E-state index contributed by atoms with van der Waals surface area (Å²) in [6.45, 7) is 4.00. The van der Waals surface area contributed by atoms with E-state index < -0.39 is 0 Å². The number of aryl methyl sites for hydroxylation is 1. The number of methoxy groups -OCH3 is 1. The Labute approximate surface area is 267 Å². The lowest BCUT2D eigenvalue weighted by Crippen LogP contribution is -2.38. The number of fused-ring (bicyclic) bond motifs is 5. The van der Waals surface area contributed by atoms with Crippen LogP contribution in [0.2, 0.25) is 0 Å². The first-order chi connectivity index (χ1) is 22.4. The number of hydrogen-bond donors (Lipinski definition) is 1. The molecule has 3 fully saturated rings. The van der Waals surface area contributed by atoms with Crippen molar-refractivity contribution in [2.24, 2.45) is 24.8 Å². The summed E-state index contributed by atoms with van der Waals surface area (Å²) in [7, 11) is 3.69. The van der Waals surface area contributed by atoms with Gasteiger partial charge in [-0.15, -0.1) is 0 Å². The van der Waals surface area contributed by atoms with E-state index in [4.69, 9.17) is 14.7 Å². The van der Waals surface area contributed by atoms with Crippen molar-refractivity contribution in [1.82, 2.24) is 24.0 Å². The largest absolute Gasteiger partial charge is 0.494 e. The van der Waals surface area contributed by atoms with Crippen LogP contribution in [0.4, 0.5) is 5.69 Å². The number of carbonyl (C=O) groups excluding carboxylic acids is 2. The molecule has 4 aliphatic rings. The van der Waals surface area contributed by atoms with Crippen LogP contribution in [0, 0.1) is 17.8 Å². The fraction of sp³-hybridized carbons (Fsp3) is 0.405. The molecule has 5 aromatic rings. The molecule has 2 amide bonds. The molecule has 9 nitrogen and oxygen atoms in total. The van der Waals surface area contributed by atoms with Crippen molar-refractivity contribution in [3.8, 4) is 28.5 Å². The maximum absolute atomic E-state index is 13.8. The van der Waals surface area contributed by atoms with E-state index >= 15 is 0 Å². The highest BCUT2D eigenvalue weighted by Crippen LogP contribution is 2.44. The van der Waals surface area contributed by atoms with Crippen molar-refractivity contribution in [3.05, 3.63) is 59.7 Å². The number of imidazole rings is 1. The van der Waals surface area contributed by atoms with Gasteiger partial charge in [-0.3, -0.25) is 9.59 Å². The molecule has 2 bridgehead atoms. The third-order valence-electron chi connectivity index (χ3n) is 11.1. The third kappa shape index (κ3) is 4.20. The predicted molar refractivity (Wildman–Crippen MR) is 178 cm³/mol. The first-order valence-corrected chi connectivity index (χ1v) is 16.7. The molecule has 46 heavy (non-hydrogen) atoms. The topological polar surface area (TPSA) is 94.3 Å². The van der Waals surface area contributed by atoms with Gasteiger partial charge in [0.1, 0.15) is 16.9 Å². The van der Waals surface area contributed by atoms with Crippen molar-refractivity contribution >= 4 is 39.6 Å². The highest BCUT2D eigenvalue weighted by atomic mass is 16.5. The van der Waals surface area contributed by atoms with Crippen LogP contribution in [-0.4, -0.2) is 55.5 Å². The lowest BCUT2D eigenvalue weighted by Gasteiger charge is -2.27. The highest BCUT2D eigenvalue weighted by Gasteiger charge is 2.46. The monoisotopic (exact) mass is 614 g/mol. The van der Waals surface area contributed by atoms with Gasteiger partial charge in [-0.05, 0) is 91.8 Å². The first-order valence-electron chi connectivity index (χ1n) is 16.7. The first kappa shape index (κ1) is 27.6. The van der Waals surface area contributed by atoms with E-state index in [9.17, 15) is 9.59 Å². The Bertz CT molecular complexity index is 2090. The smallest absolute Gasteiger partial charge is 0.254 e. The van der Waals surface area contributed by atoms with Crippen molar-refractivity contribution in [3.63, 3.8) is 0 Å². The molecular weight excluding hydrogens is 576 g/mol. The molecule has 3 aromatic heterocycles. The van der Waals surface area contributed by atoms with Crippen molar-refractivity contribution in [1.29, 1.82) is 0 Å². The number of hydrogen-bond acceptors (Lipinski definition) is 5. The van der Waals surface area contributed by atoms with Gasteiger partial charge in [-0.2, -0.15) is 0 Å². The zero-order valence-electron chi connectivity index (χ0n) is 26.5. The standard InChI is InChI=1S/C37H38N6O3/c1-20-23-10-13-30(20)43(19-23)37(45)24-15-29-34(32(17-24)46-3)41(2)36(40-29)31-16-22-9-12-28(39-35(22)42(31)18-21-7-8-21)25-5-4-6-27-26(25)11-14-33(44)38-27/h4-6,9,12,15-17,20-21,23,30H,7-8,10-11,13-14,18-19H2,1-3H3,(H,38,44)/t20-,23?,30?/m1/s1. The lowest BCUT2D eigenvalue weighted by molar-refractivity contribution is -0.116. The summed E-state index contributed by atoms with van der Waals surface area (Å²) in [5, 5.41) is 4.09. The Balaban J connectivity index is 1.15. The molecular formula is C37H38N6O3. The third-order valence-corrected chi connectivity index (χ3v) is 11.1. The van der Waals surface area contributed by atoms with Gasteiger partial charge in [-0.1, -0.05) is 19.1 Å². The van der Waals surface area contributed by atoms with E-state index in [2.05, 4.69) is 50.5 Å². The number of aromatic nitrogens is 4. The van der Waals surface area contributed by atoms with Gasteiger partial charge >= 0.3 is 0 Å². The quantitative estimate of drug-likeness (QED) is 0.238. The van der Waals surface area contributed by atoms with Gasteiger partial charge in [0.25, 0.3) is 5.91 Å². The van der Waals surface area contributed by atoms with Crippen molar-refractivity contribution < 1.29 is 14.3 Å². The second-order valence-electron chi connectivity index (χ2n) is 13.8. The van der Waals surface area contributed by atoms with Gasteiger partial charge in [0.15, 0.2) is 5.82 Å². The number of pyridine rings is 1. The summed E-state index contributed by atoms with van der Waals surface area (Å²) >= 11 is 0. The molecule has 5 heterocycles. The summed E-state index contributed by atoms with van der Waals surface area (Å²) in [6, 6.07) is 16.6. The molecule has 2 aliphatic carbocycles. The Kier molecular flexibility index (Phi) is 6.11. The molecule has 0 spiro atoms. The van der Waals surface area contributed by atoms with E-state index in [1.54, 1.807) is 7.11 Å². The van der Waals surface area contributed by atoms with E-state index in [0.717, 1.165) is 75.6 Å². The lowest BCUT2D eigenvalue weighted by atomic mass is 9.95. The Morgan fingerprint density at radius 2 is 1.91 bits per heavy atom. The number of ether oxygens (including phenoxy) is 1. The molecule has 9 rings (SSSR count). The molecule has 2 unspecified atom stereocenters. The Morgan fingerprint density at radius 1 is 1.04 bits per heavy atom. The minimum atomic E-state index is 0.0595. The minimum Gasteiger partial charge on any atom is -0.494 e. The van der Waals surface area contributed by atoms with E-state index in [1.807, 2.05) is 31.3 Å². The maximum atomic E-state index is 13.8. The summed E-state index contributed by atoms with van der Waals surface area (Å²) in [6.07, 6.45) is 5.92. The van der Waals surface area contributed by atoms with Crippen LogP contribution in [-0.2, 0) is 24.8 Å². The van der Waals surface area contributed by atoms with Crippen LogP contribution in [0.3, 0.4) is 0 Å². The molecule has 0 radical (unpaired) electrons. The van der Waals surface area contributed by atoms with Gasteiger partial charge < -0.3 is 24.1 Å². The number of anilines is 1.